The molecule has 2 aliphatic rings. The van der Waals surface area contributed by atoms with Crippen molar-refractivity contribution >= 4 is 0 Å². The molecule has 94 valence electrons. The Hall–Kier alpha value is -0.120. The molecule has 3 heteroatoms. The standard InChI is InChI=1S/C13H25NO2/c15-8-7-14(12-5-6-12)10-13(16)9-11-3-1-2-4-11/h11-13,15-16H,1-10H2. The van der Waals surface area contributed by atoms with Gasteiger partial charge in [-0.1, -0.05) is 25.7 Å². The minimum Gasteiger partial charge on any atom is -0.395 e. The maximum atomic E-state index is 10.1. The average Bonchev–Trinajstić information content (AvgIpc) is 2.98. The van der Waals surface area contributed by atoms with Crippen molar-refractivity contribution in [1.29, 1.82) is 0 Å². The monoisotopic (exact) mass is 227 g/mol. The largest absolute Gasteiger partial charge is 0.395 e. The van der Waals surface area contributed by atoms with Gasteiger partial charge in [0.2, 0.25) is 0 Å². The Balaban J connectivity index is 1.68. The zero-order valence-electron chi connectivity index (χ0n) is 10.1. The Labute approximate surface area is 98.5 Å². The zero-order chi connectivity index (χ0) is 11.4. The summed E-state index contributed by atoms with van der Waals surface area (Å²) in [5.41, 5.74) is 0. The molecule has 3 nitrogen and oxygen atoms in total. The number of aliphatic hydroxyl groups is 2. The van der Waals surface area contributed by atoms with E-state index in [0.29, 0.717) is 6.04 Å². The van der Waals surface area contributed by atoms with E-state index >= 15 is 0 Å². The molecule has 0 amide bonds. The summed E-state index contributed by atoms with van der Waals surface area (Å²) in [6.07, 6.45) is 8.58. The SMILES string of the molecule is OCCN(CC(O)CC1CCCC1)C1CC1. The van der Waals surface area contributed by atoms with Crippen molar-refractivity contribution in [1.82, 2.24) is 4.90 Å². The van der Waals surface area contributed by atoms with Crippen LogP contribution >= 0.6 is 0 Å². The van der Waals surface area contributed by atoms with E-state index in [9.17, 15) is 5.11 Å². The number of nitrogens with zero attached hydrogens (tertiary/aromatic N) is 1. The molecule has 0 saturated heterocycles. The fourth-order valence-corrected chi connectivity index (χ4v) is 2.97. The molecule has 0 aromatic heterocycles. The molecule has 16 heavy (non-hydrogen) atoms. The lowest BCUT2D eigenvalue weighted by atomic mass is 10.00. The zero-order valence-corrected chi connectivity index (χ0v) is 10.1. The lowest BCUT2D eigenvalue weighted by Crippen LogP contribution is -2.36. The molecule has 0 spiro atoms. The maximum absolute atomic E-state index is 10.1. The quantitative estimate of drug-likeness (QED) is 0.690. The van der Waals surface area contributed by atoms with Crippen LogP contribution in [0.2, 0.25) is 0 Å². The van der Waals surface area contributed by atoms with Gasteiger partial charge in [0, 0.05) is 19.1 Å². The first-order valence-electron chi connectivity index (χ1n) is 6.82. The second-order valence-corrected chi connectivity index (χ2v) is 5.49. The molecule has 2 fully saturated rings. The van der Waals surface area contributed by atoms with Crippen LogP contribution in [0.3, 0.4) is 0 Å². The fraction of sp³-hybridized carbons (Fsp3) is 1.00. The highest BCUT2D eigenvalue weighted by Crippen LogP contribution is 2.30. The molecule has 0 aliphatic heterocycles. The molecule has 2 saturated carbocycles. The Kier molecular flexibility index (Phi) is 4.62. The summed E-state index contributed by atoms with van der Waals surface area (Å²) in [5, 5.41) is 19.0. The number of aliphatic hydroxyl groups excluding tert-OH is 2. The van der Waals surface area contributed by atoms with Crippen LogP contribution in [0.5, 0.6) is 0 Å². The number of hydrogen-bond donors (Lipinski definition) is 2. The summed E-state index contributed by atoms with van der Waals surface area (Å²) in [6, 6.07) is 0.644. The first kappa shape index (κ1) is 12.3. The van der Waals surface area contributed by atoms with Crippen molar-refractivity contribution < 1.29 is 10.2 Å². The first-order chi connectivity index (χ1) is 7.79. The van der Waals surface area contributed by atoms with Gasteiger partial charge in [0.05, 0.1) is 12.7 Å². The molecule has 0 aromatic rings. The van der Waals surface area contributed by atoms with E-state index in [2.05, 4.69) is 4.90 Å². The van der Waals surface area contributed by atoms with E-state index in [1.54, 1.807) is 0 Å². The van der Waals surface area contributed by atoms with Crippen LogP contribution in [0, 0.1) is 5.92 Å². The molecule has 0 radical (unpaired) electrons. The second-order valence-electron chi connectivity index (χ2n) is 5.49. The summed E-state index contributed by atoms with van der Waals surface area (Å²) >= 11 is 0. The van der Waals surface area contributed by atoms with Gasteiger partial charge in [-0.25, -0.2) is 0 Å². The second kappa shape index (κ2) is 5.99. The minimum atomic E-state index is -0.185. The molecule has 1 atom stereocenters. The van der Waals surface area contributed by atoms with E-state index in [-0.39, 0.29) is 12.7 Å². The number of hydrogen-bond acceptors (Lipinski definition) is 3. The summed E-state index contributed by atoms with van der Waals surface area (Å²) in [6.45, 7) is 1.71. The summed E-state index contributed by atoms with van der Waals surface area (Å²) in [7, 11) is 0. The van der Waals surface area contributed by atoms with Crippen molar-refractivity contribution in [3.63, 3.8) is 0 Å². The fourth-order valence-electron chi connectivity index (χ4n) is 2.97. The number of rotatable bonds is 7. The molecule has 2 N–H and O–H groups in total. The van der Waals surface area contributed by atoms with Gasteiger partial charge in [-0.15, -0.1) is 0 Å². The van der Waals surface area contributed by atoms with E-state index in [0.717, 1.165) is 25.4 Å². The van der Waals surface area contributed by atoms with Crippen LogP contribution in [-0.2, 0) is 0 Å². The van der Waals surface area contributed by atoms with Gasteiger partial charge < -0.3 is 10.2 Å². The highest BCUT2D eigenvalue weighted by molar-refractivity contribution is 4.86. The minimum absolute atomic E-state index is 0.185. The molecular weight excluding hydrogens is 202 g/mol. The highest BCUT2D eigenvalue weighted by Gasteiger charge is 2.30. The van der Waals surface area contributed by atoms with Crippen molar-refractivity contribution in [2.24, 2.45) is 5.92 Å². The lowest BCUT2D eigenvalue weighted by Gasteiger charge is -2.25. The maximum Gasteiger partial charge on any atom is 0.0669 e. The molecule has 0 heterocycles. The van der Waals surface area contributed by atoms with Crippen LogP contribution in [0.1, 0.15) is 44.9 Å². The van der Waals surface area contributed by atoms with Crippen LogP contribution in [0.15, 0.2) is 0 Å². The molecule has 2 aliphatic carbocycles. The van der Waals surface area contributed by atoms with E-state index in [4.69, 9.17) is 5.11 Å². The van der Waals surface area contributed by atoms with E-state index in [1.165, 1.54) is 38.5 Å². The lowest BCUT2D eigenvalue weighted by molar-refractivity contribution is 0.0780. The third-order valence-electron chi connectivity index (χ3n) is 3.98. The predicted molar refractivity (Wildman–Crippen MR) is 64.3 cm³/mol. The smallest absolute Gasteiger partial charge is 0.0669 e. The van der Waals surface area contributed by atoms with Crippen molar-refractivity contribution in [2.45, 2.75) is 57.1 Å². The summed E-state index contributed by atoms with van der Waals surface area (Å²) < 4.78 is 0. The molecule has 0 bridgehead atoms. The van der Waals surface area contributed by atoms with Gasteiger partial charge in [0.1, 0.15) is 0 Å². The first-order valence-corrected chi connectivity index (χ1v) is 6.82. The van der Waals surface area contributed by atoms with E-state index < -0.39 is 0 Å². The molecule has 0 aromatic carbocycles. The topological polar surface area (TPSA) is 43.7 Å². The van der Waals surface area contributed by atoms with Gasteiger partial charge in [-0.2, -0.15) is 0 Å². The molecule has 2 rings (SSSR count). The van der Waals surface area contributed by atoms with Crippen molar-refractivity contribution in [3.8, 4) is 0 Å². The van der Waals surface area contributed by atoms with Crippen LogP contribution < -0.4 is 0 Å². The van der Waals surface area contributed by atoms with Gasteiger partial charge in [-0.05, 0) is 25.2 Å². The van der Waals surface area contributed by atoms with Gasteiger partial charge in [0.25, 0.3) is 0 Å². The summed E-state index contributed by atoms with van der Waals surface area (Å²) in [4.78, 5) is 2.26. The van der Waals surface area contributed by atoms with Crippen LogP contribution in [0.4, 0.5) is 0 Å². The van der Waals surface area contributed by atoms with Crippen LogP contribution in [-0.4, -0.2) is 47.0 Å². The van der Waals surface area contributed by atoms with Gasteiger partial charge >= 0.3 is 0 Å². The average molecular weight is 227 g/mol. The van der Waals surface area contributed by atoms with Crippen molar-refractivity contribution in [3.05, 3.63) is 0 Å². The van der Waals surface area contributed by atoms with Gasteiger partial charge in [-0.3, -0.25) is 4.90 Å². The molecular formula is C13H25NO2. The van der Waals surface area contributed by atoms with Gasteiger partial charge in [0.15, 0.2) is 0 Å². The normalized spacial score (nSPS) is 24.2. The summed E-state index contributed by atoms with van der Waals surface area (Å²) in [5.74, 6) is 0.755. The molecule has 1 unspecified atom stereocenters. The Morgan fingerprint density at radius 1 is 1.12 bits per heavy atom. The van der Waals surface area contributed by atoms with E-state index in [1.807, 2.05) is 0 Å². The highest BCUT2D eigenvalue weighted by atomic mass is 16.3. The predicted octanol–water partition coefficient (Wildman–Crippen LogP) is 1.38. The van der Waals surface area contributed by atoms with Crippen molar-refractivity contribution in [2.75, 3.05) is 19.7 Å². The Morgan fingerprint density at radius 3 is 2.38 bits per heavy atom. The Bertz CT molecular complexity index is 200. The Morgan fingerprint density at radius 2 is 1.81 bits per heavy atom. The van der Waals surface area contributed by atoms with Crippen LogP contribution in [0.25, 0.3) is 0 Å². The third-order valence-corrected chi connectivity index (χ3v) is 3.98. The third kappa shape index (κ3) is 3.72.